The van der Waals surface area contributed by atoms with E-state index in [1.54, 1.807) is 0 Å². The maximum Gasteiger partial charge on any atom is 0.146 e. The van der Waals surface area contributed by atoms with Gasteiger partial charge in [-0.2, -0.15) is 0 Å². The van der Waals surface area contributed by atoms with Crippen LogP contribution < -0.4 is 0 Å². The molecule has 0 N–H and O–H groups in total. The second kappa shape index (κ2) is 6.11. The largest absolute Gasteiger partial charge is 0.366 e. The minimum atomic E-state index is -0.257. The van der Waals surface area contributed by atoms with Crippen LogP contribution in [-0.2, 0) is 21.0 Å². The van der Waals surface area contributed by atoms with Gasteiger partial charge in [0.25, 0.3) is 0 Å². The Morgan fingerprint density at radius 2 is 1.51 bits per heavy atom. The van der Waals surface area contributed by atoms with E-state index in [0.29, 0.717) is 17.6 Å². The number of pyridine rings is 1. The molecule has 3 heteroatoms. The molecule has 2 aromatic heterocycles. The van der Waals surface area contributed by atoms with Crippen molar-refractivity contribution in [3.05, 3.63) is 58.2 Å². The average Bonchev–Trinajstić information content (AvgIpc) is 3.53. The average molecular weight is 469 g/mol. The molecule has 1 aliphatic carbocycles. The van der Waals surface area contributed by atoms with Gasteiger partial charge in [-0.05, 0) is 87.0 Å². The topological polar surface area (TPSA) is 26.5 Å². The zero-order chi connectivity index (χ0) is 26.6. The summed E-state index contributed by atoms with van der Waals surface area (Å²) in [5.41, 5.74) is 7.27. The second-order valence-corrected chi connectivity index (χ2v) is 13.9. The van der Waals surface area contributed by atoms with Crippen LogP contribution in [0.15, 0.2) is 30.3 Å². The molecule has 0 saturated carbocycles. The van der Waals surface area contributed by atoms with Crippen LogP contribution >= 0.6 is 0 Å². The molecule has 7 rings (SSSR count). The SMILES string of the molecule is [2H]c1c2c(c([2H])c3c1nc1c4cc5c(cc4cc(C(C)(C)C)n13)C1CCC5O1)C(C)(C)C(C)(C)C2(C)C. The van der Waals surface area contributed by atoms with Crippen LogP contribution in [0.1, 0.15) is 118 Å². The van der Waals surface area contributed by atoms with Crippen LogP contribution in [0.5, 0.6) is 0 Å². The zero-order valence-corrected chi connectivity index (χ0v) is 22.6. The standard InChI is InChI=1S/C32H38N2O/c1-29(2,3)27-13-17-12-19-20(26-11-10-25(19)35-26)14-18(17)28-33-23-15-21-22(16-24(23)34(27)28)31(6,7)32(8,9)30(21,4)5/h12-16,25-26H,10-11H2,1-9H3/i15D,16D. The second-order valence-electron chi connectivity index (χ2n) is 13.9. The van der Waals surface area contributed by atoms with Gasteiger partial charge >= 0.3 is 0 Å². The first-order chi connectivity index (χ1) is 17.1. The third kappa shape index (κ3) is 2.44. The van der Waals surface area contributed by atoms with E-state index in [0.717, 1.165) is 46.2 Å². The van der Waals surface area contributed by atoms with E-state index in [1.807, 2.05) is 0 Å². The van der Waals surface area contributed by atoms with E-state index in [2.05, 4.69) is 84.9 Å². The highest BCUT2D eigenvalue weighted by Crippen LogP contribution is 2.62. The predicted molar refractivity (Wildman–Crippen MR) is 145 cm³/mol. The fourth-order valence-electron chi connectivity index (χ4n) is 7.12. The highest BCUT2D eigenvalue weighted by atomic mass is 16.5. The summed E-state index contributed by atoms with van der Waals surface area (Å²) in [6.07, 6.45) is 2.58. The number of hydrogen-bond acceptors (Lipinski definition) is 2. The highest BCUT2D eigenvalue weighted by Gasteiger charge is 2.57. The third-order valence-electron chi connectivity index (χ3n) is 10.5. The van der Waals surface area contributed by atoms with Crippen molar-refractivity contribution in [3.8, 4) is 0 Å². The first kappa shape index (κ1) is 19.8. The summed E-state index contributed by atoms with van der Waals surface area (Å²) in [6.45, 7) is 20.3. The van der Waals surface area contributed by atoms with Crippen LogP contribution in [0.2, 0.25) is 0 Å². The Hall–Kier alpha value is -2.39. The van der Waals surface area contributed by atoms with Crippen LogP contribution in [0.4, 0.5) is 0 Å². The molecule has 35 heavy (non-hydrogen) atoms. The van der Waals surface area contributed by atoms with E-state index in [9.17, 15) is 2.74 Å². The summed E-state index contributed by atoms with van der Waals surface area (Å²) in [5, 5.41) is 2.27. The van der Waals surface area contributed by atoms with Gasteiger partial charge in [0.15, 0.2) is 0 Å². The number of nitrogens with zero attached hydrogens (tertiary/aromatic N) is 2. The predicted octanol–water partition coefficient (Wildman–Crippen LogP) is 8.44. The van der Waals surface area contributed by atoms with Crippen LogP contribution in [-0.4, -0.2) is 9.38 Å². The summed E-state index contributed by atoms with van der Waals surface area (Å²) >= 11 is 0. The lowest BCUT2D eigenvalue weighted by molar-refractivity contribution is 0.0717. The molecule has 4 aromatic rings. The maximum absolute atomic E-state index is 9.66. The van der Waals surface area contributed by atoms with E-state index >= 15 is 0 Å². The Labute approximate surface area is 211 Å². The van der Waals surface area contributed by atoms with Crippen molar-refractivity contribution in [2.45, 2.75) is 104 Å². The van der Waals surface area contributed by atoms with E-state index in [4.69, 9.17) is 9.72 Å². The van der Waals surface area contributed by atoms with Crippen molar-refractivity contribution in [2.24, 2.45) is 5.41 Å². The van der Waals surface area contributed by atoms with Gasteiger partial charge in [0.2, 0.25) is 0 Å². The summed E-state index contributed by atoms with van der Waals surface area (Å²) < 4.78 is 27.6. The maximum atomic E-state index is 9.66. The zero-order valence-electron chi connectivity index (χ0n) is 24.6. The lowest BCUT2D eigenvalue weighted by Gasteiger charge is -2.44. The lowest BCUT2D eigenvalue weighted by Crippen LogP contribution is -2.42. The molecule has 3 aliphatic rings. The van der Waals surface area contributed by atoms with Crippen LogP contribution in [0.25, 0.3) is 27.5 Å². The first-order valence-corrected chi connectivity index (χ1v) is 13.2. The quantitative estimate of drug-likeness (QED) is 0.259. The number of hydrogen-bond donors (Lipinski definition) is 0. The Morgan fingerprint density at radius 1 is 0.914 bits per heavy atom. The van der Waals surface area contributed by atoms with Crippen molar-refractivity contribution in [2.75, 3.05) is 0 Å². The fraction of sp³-hybridized carbons (Fsp3) is 0.531. The molecule has 182 valence electrons. The van der Waals surface area contributed by atoms with Crippen molar-refractivity contribution in [1.82, 2.24) is 9.38 Å². The molecular weight excluding hydrogens is 428 g/mol. The molecule has 2 atom stereocenters. The summed E-state index contributed by atoms with van der Waals surface area (Å²) in [7, 11) is 0. The normalized spacial score (nSPS) is 26.4. The van der Waals surface area contributed by atoms with Crippen molar-refractivity contribution in [3.63, 3.8) is 0 Å². The van der Waals surface area contributed by atoms with Crippen molar-refractivity contribution >= 4 is 27.5 Å². The monoisotopic (exact) mass is 468 g/mol. The molecule has 1 saturated heterocycles. The Kier molecular flexibility index (Phi) is 3.45. The number of ether oxygens (including phenoxy) is 1. The molecule has 1 fully saturated rings. The molecule has 0 radical (unpaired) electrons. The minimum absolute atomic E-state index is 0.118. The summed E-state index contributed by atoms with van der Waals surface area (Å²) in [5.74, 6) is 0. The van der Waals surface area contributed by atoms with Gasteiger partial charge in [0.05, 0.1) is 26.0 Å². The van der Waals surface area contributed by atoms with Crippen molar-refractivity contribution in [1.29, 1.82) is 0 Å². The van der Waals surface area contributed by atoms with Gasteiger partial charge in [-0.1, -0.05) is 62.3 Å². The third-order valence-corrected chi connectivity index (χ3v) is 10.5. The van der Waals surface area contributed by atoms with E-state index < -0.39 is 0 Å². The molecule has 0 amide bonds. The molecule has 2 unspecified atom stereocenters. The Bertz CT molecular complexity index is 1700. The number of rotatable bonds is 0. The first-order valence-electron chi connectivity index (χ1n) is 14.2. The lowest BCUT2D eigenvalue weighted by atomic mass is 9.59. The van der Waals surface area contributed by atoms with Gasteiger partial charge in [0.1, 0.15) is 5.65 Å². The molecular formula is C32H38N2O. The van der Waals surface area contributed by atoms with Gasteiger partial charge < -0.3 is 4.74 Å². The fourth-order valence-corrected chi connectivity index (χ4v) is 7.12. The van der Waals surface area contributed by atoms with Crippen molar-refractivity contribution < 1.29 is 7.48 Å². The molecule has 0 spiro atoms. The van der Waals surface area contributed by atoms with Gasteiger partial charge in [-0.3, -0.25) is 4.40 Å². The summed E-state index contributed by atoms with van der Waals surface area (Å²) in [6, 6.07) is 7.93. The molecule has 2 aromatic carbocycles. The molecule has 2 bridgehead atoms. The van der Waals surface area contributed by atoms with Crippen LogP contribution in [0, 0.1) is 5.41 Å². The Morgan fingerprint density at radius 3 is 2.14 bits per heavy atom. The van der Waals surface area contributed by atoms with E-state index in [1.165, 1.54) is 16.5 Å². The molecule has 4 heterocycles. The molecule has 2 aliphatic heterocycles. The Balaban J connectivity index is 1.69. The van der Waals surface area contributed by atoms with Crippen LogP contribution in [0.3, 0.4) is 0 Å². The van der Waals surface area contributed by atoms with E-state index in [-0.39, 0.29) is 33.9 Å². The number of imidazole rings is 1. The number of fused-ring (bicyclic) bond motifs is 11. The highest BCUT2D eigenvalue weighted by molar-refractivity contribution is 6.00. The van der Waals surface area contributed by atoms with Gasteiger partial charge in [-0.15, -0.1) is 0 Å². The smallest absolute Gasteiger partial charge is 0.146 e. The van der Waals surface area contributed by atoms with Gasteiger partial charge in [-0.25, -0.2) is 4.98 Å². The summed E-state index contributed by atoms with van der Waals surface area (Å²) in [4.78, 5) is 5.22. The molecule has 3 nitrogen and oxygen atoms in total. The number of aromatic nitrogens is 2. The minimum Gasteiger partial charge on any atom is -0.366 e. The number of benzene rings is 2. The van der Waals surface area contributed by atoms with Gasteiger partial charge in [0, 0.05) is 16.5 Å².